The van der Waals surface area contributed by atoms with E-state index in [1.807, 2.05) is 11.9 Å². The highest BCUT2D eigenvalue weighted by molar-refractivity contribution is 6.33. The number of hydrogen-bond acceptors (Lipinski definition) is 9. The monoisotopic (exact) mass is 574 g/mol. The van der Waals surface area contributed by atoms with Gasteiger partial charge in [0.15, 0.2) is 0 Å². The molecule has 2 saturated heterocycles. The van der Waals surface area contributed by atoms with E-state index >= 15 is 0 Å². The summed E-state index contributed by atoms with van der Waals surface area (Å²) in [4.78, 5) is 56.5. The molecule has 2 amide bonds. The molecule has 40 heavy (non-hydrogen) atoms. The highest BCUT2D eigenvalue weighted by Gasteiger charge is 2.32. The van der Waals surface area contributed by atoms with Crippen LogP contribution in [0.25, 0.3) is 0 Å². The number of nitrogens with zero attached hydrogens (tertiary/aromatic N) is 2. The van der Waals surface area contributed by atoms with Crippen LogP contribution in [0.15, 0.2) is 35.1 Å². The van der Waals surface area contributed by atoms with Crippen LogP contribution in [-0.4, -0.2) is 97.7 Å². The number of piperidine rings is 2. The first-order chi connectivity index (χ1) is 19.1. The first-order valence-electron chi connectivity index (χ1n) is 13.2. The van der Waals surface area contributed by atoms with E-state index in [4.69, 9.17) is 26.8 Å². The summed E-state index contributed by atoms with van der Waals surface area (Å²) in [6, 6.07) is 7.49. The van der Waals surface area contributed by atoms with Gasteiger partial charge in [-0.1, -0.05) is 11.6 Å². The van der Waals surface area contributed by atoms with Crippen molar-refractivity contribution >= 4 is 40.9 Å². The van der Waals surface area contributed by atoms with Crippen LogP contribution in [0.5, 0.6) is 0 Å². The molecule has 4 rings (SSSR count). The number of H-pyrrole nitrogens is 1. The Morgan fingerprint density at radius 3 is 2.60 bits per heavy atom. The number of likely N-dealkylation sites (tertiary alicyclic amines) is 2. The first kappa shape index (κ1) is 29.5. The van der Waals surface area contributed by atoms with Crippen LogP contribution in [0, 0.1) is 0 Å². The number of likely N-dealkylation sites (N-methyl/N-ethyl adjacent to an activating group) is 1. The second kappa shape index (κ2) is 13.3. The van der Waals surface area contributed by atoms with Crippen molar-refractivity contribution in [1.29, 1.82) is 0 Å². The lowest BCUT2D eigenvalue weighted by molar-refractivity contribution is -0.118. The number of nitrogen functional groups attached to an aromatic ring is 1. The van der Waals surface area contributed by atoms with Crippen LogP contribution in [-0.2, 0) is 14.3 Å². The fourth-order valence-corrected chi connectivity index (χ4v) is 5.15. The highest BCUT2D eigenvalue weighted by atomic mass is 35.5. The molecule has 0 spiro atoms. The normalized spacial score (nSPS) is 21.9. The van der Waals surface area contributed by atoms with E-state index < -0.39 is 17.6 Å². The Hall–Kier alpha value is -3.45. The number of amides is 2. The van der Waals surface area contributed by atoms with E-state index in [1.54, 1.807) is 24.3 Å². The Kier molecular flexibility index (Phi) is 9.80. The topological polar surface area (TPSA) is 159 Å². The molecule has 5 N–H and O–H groups in total. The number of nitrogens with one attached hydrogen (secondary N) is 3. The molecule has 13 heteroatoms. The number of hydrogen-bond donors (Lipinski definition) is 4. The summed E-state index contributed by atoms with van der Waals surface area (Å²) in [5, 5.41) is 5.75. The summed E-state index contributed by atoms with van der Waals surface area (Å²) >= 11 is 5.95. The molecule has 0 aliphatic carbocycles. The third kappa shape index (κ3) is 7.60. The number of carbonyl (C=O) groups excluding carboxylic acids is 3. The number of benzene rings is 1. The van der Waals surface area contributed by atoms with Gasteiger partial charge in [0.25, 0.3) is 11.5 Å². The molecule has 2 aliphatic heterocycles. The Balaban J connectivity index is 1.26. The minimum absolute atomic E-state index is 0.00844. The summed E-state index contributed by atoms with van der Waals surface area (Å²) in [7, 11) is 3.54. The number of esters is 1. The minimum atomic E-state index is -0.635. The molecule has 1 aromatic heterocycles. The number of carbonyl (C=O) groups is 3. The van der Waals surface area contributed by atoms with Crippen molar-refractivity contribution < 1.29 is 23.9 Å². The Morgan fingerprint density at radius 2 is 1.90 bits per heavy atom. The highest BCUT2D eigenvalue weighted by Crippen LogP contribution is 2.18. The van der Waals surface area contributed by atoms with Crippen molar-refractivity contribution in [3.63, 3.8) is 0 Å². The number of halogens is 1. The maximum absolute atomic E-state index is 12.7. The summed E-state index contributed by atoms with van der Waals surface area (Å²) in [5.41, 5.74) is 5.80. The number of anilines is 2. The van der Waals surface area contributed by atoms with Crippen molar-refractivity contribution in [3.05, 3.63) is 56.8 Å². The largest absolute Gasteiger partial charge is 0.457 e. The van der Waals surface area contributed by atoms with Gasteiger partial charge < -0.3 is 35.7 Å². The van der Waals surface area contributed by atoms with Crippen LogP contribution in [0.2, 0.25) is 5.02 Å². The van der Waals surface area contributed by atoms with Gasteiger partial charge in [0.1, 0.15) is 17.5 Å². The standard InChI is InChI=1S/C27H35ClN6O6/c1-33-10-3-4-18(13-33)40-27(38)16-5-7-17(8-6-16)30-23(35)15-34-11-9-21(22(14-34)39-2)31-25(36)19-12-20(28)24(29)32-26(19)37/h5-8,12,18,21-22H,3-4,9-11,13-15H2,1-2H3,(H,30,35)(H,31,36)(H3,29,32,37)/t18?,21-,22+/m1/s1. The smallest absolute Gasteiger partial charge is 0.338 e. The lowest BCUT2D eigenvalue weighted by atomic mass is 10.0. The molecule has 2 fully saturated rings. The fourth-order valence-electron chi connectivity index (χ4n) is 4.99. The van der Waals surface area contributed by atoms with Crippen LogP contribution < -0.4 is 21.9 Å². The maximum atomic E-state index is 12.7. The van der Waals surface area contributed by atoms with Gasteiger partial charge in [0, 0.05) is 32.4 Å². The van der Waals surface area contributed by atoms with Crippen LogP contribution in [0.4, 0.5) is 11.5 Å². The molecule has 3 atom stereocenters. The number of ether oxygens (including phenoxy) is 2. The zero-order valence-electron chi connectivity index (χ0n) is 22.6. The van der Waals surface area contributed by atoms with Crippen molar-refractivity contribution in [2.45, 2.75) is 37.5 Å². The average Bonchev–Trinajstić information content (AvgIpc) is 2.91. The first-order valence-corrected chi connectivity index (χ1v) is 13.5. The quantitative estimate of drug-likeness (QED) is 0.341. The molecule has 216 valence electrons. The van der Waals surface area contributed by atoms with Crippen molar-refractivity contribution in [2.75, 3.05) is 57.9 Å². The minimum Gasteiger partial charge on any atom is -0.457 e. The SMILES string of the molecule is CO[C@H]1CN(CC(=O)Nc2ccc(C(=O)OC3CCCN(C)C3)cc2)CC[C@H]1NC(=O)c1cc(Cl)c(N)[nH]c1=O. The van der Waals surface area contributed by atoms with Crippen LogP contribution in [0.3, 0.4) is 0 Å². The summed E-state index contributed by atoms with van der Waals surface area (Å²) in [5.74, 6) is -1.19. The predicted octanol–water partition coefficient (Wildman–Crippen LogP) is 1.32. The van der Waals surface area contributed by atoms with Gasteiger partial charge in [-0.3, -0.25) is 19.3 Å². The summed E-state index contributed by atoms with van der Waals surface area (Å²) < 4.78 is 11.2. The number of nitrogens with two attached hydrogens (primary N) is 1. The van der Waals surface area contributed by atoms with Gasteiger partial charge in [-0.2, -0.15) is 0 Å². The van der Waals surface area contributed by atoms with E-state index in [0.29, 0.717) is 30.8 Å². The van der Waals surface area contributed by atoms with Crippen molar-refractivity contribution in [2.24, 2.45) is 0 Å². The van der Waals surface area contributed by atoms with Crippen LogP contribution >= 0.6 is 11.6 Å². The van der Waals surface area contributed by atoms with Gasteiger partial charge in [-0.05, 0) is 63.2 Å². The number of rotatable bonds is 8. The van der Waals surface area contributed by atoms with Crippen molar-refractivity contribution in [1.82, 2.24) is 20.1 Å². The lowest BCUT2D eigenvalue weighted by Gasteiger charge is -2.37. The maximum Gasteiger partial charge on any atom is 0.338 e. The molecule has 2 aromatic rings. The molecule has 0 radical (unpaired) electrons. The van der Waals surface area contributed by atoms with E-state index in [2.05, 4.69) is 20.5 Å². The fraction of sp³-hybridized carbons (Fsp3) is 0.481. The number of aromatic amines is 1. The predicted molar refractivity (Wildman–Crippen MR) is 151 cm³/mol. The van der Waals surface area contributed by atoms with Crippen molar-refractivity contribution in [3.8, 4) is 0 Å². The molecule has 0 bridgehead atoms. The zero-order chi connectivity index (χ0) is 28.8. The van der Waals surface area contributed by atoms with Gasteiger partial charge >= 0.3 is 5.97 Å². The summed E-state index contributed by atoms with van der Waals surface area (Å²) in [6.07, 6.45) is 1.85. The second-order valence-corrected chi connectivity index (χ2v) is 10.6. The van der Waals surface area contributed by atoms with Gasteiger partial charge in [-0.25, -0.2) is 4.79 Å². The third-order valence-electron chi connectivity index (χ3n) is 7.15. The van der Waals surface area contributed by atoms with E-state index in [1.165, 1.54) is 13.2 Å². The molecule has 0 saturated carbocycles. The van der Waals surface area contributed by atoms with Crippen LogP contribution in [0.1, 0.15) is 40.0 Å². The Morgan fingerprint density at radius 1 is 1.15 bits per heavy atom. The Labute approximate surface area is 237 Å². The Bertz CT molecular complexity index is 1290. The van der Waals surface area contributed by atoms with E-state index in [0.717, 1.165) is 25.9 Å². The summed E-state index contributed by atoms with van der Waals surface area (Å²) in [6.45, 7) is 2.77. The van der Waals surface area contributed by atoms with E-state index in [-0.39, 0.29) is 47.0 Å². The third-order valence-corrected chi connectivity index (χ3v) is 7.47. The molecule has 3 heterocycles. The van der Waals surface area contributed by atoms with E-state index in [9.17, 15) is 19.2 Å². The molecule has 2 aliphatic rings. The lowest BCUT2D eigenvalue weighted by Crippen LogP contribution is -2.56. The second-order valence-electron chi connectivity index (χ2n) is 10.2. The van der Waals surface area contributed by atoms with Gasteiger partial charge in [0.2, 0.25) is 5.91 Å². The van der Waals surface area contributed by atoms with Gasteiger partial charge in [-0.15, -0.1) is 0 Å². The molecular formula is C27H35ClN6O6. The number of pyridine rings is 1. The number of methoxy groups -OCH3 is 1. The number of aromatic nitrogens is 1. The molecule has 1 aromatic carbocycles. The zero-order valence-corrected chi connectivity index (χ0v) is 23.3. The molecule has 12 nitrogen and oxygen atoms in total. The molecule has 1 unspecified atom stereocenters. The van der Waals surface area contributed by atoms with Gasteiger partial charge in [0.05, 0.1) is 29.3 Å². The molecular weight excluding hydrogens is 540 g/mol. The average molecular weight is 575 g/mol.